The fraction of sp³-hybridized carbons (Fsp3) is 0.333. The molecule has 1 amide bonds. The van der Waals surface area contributed by atoms with Crippen LogP contribution in [-0.4, -0.2) is 40.7 Å². The zero-order valence-corrected chi connectivity index (χ0v) is 11.2. The first kappa shape index (κ1) is 15.4. The van der Waals surface area contributed by atoms with Crippen molar-refractivity contribution in [2.24, 2.45) is 0 Å². The number of carboxylic acids is 1. The normalized spacial score (nSPS) is 12.3. The molecule has 1 N–H and O–H groups in total. The van der Waals surface area contributed by atoms with Crippen molar-refractivity contribution in [2.45, 2.75) is 23.6 Å². The predicted molar refractivity (Wildman–Crippen MR) is 67.5 cm³/mol. The minimum atomic E-state index is -2.52. The van der Waals surface area contributed by atoms with Crippen LogP contribution < -0.4 is 0 Å². The minimum absolute atomic E-state index is 0.259. The lowest BCUT2D eigenvalue weighted by Gasteiger charge is -2.21. The minimum Gasteiger partial charge on any atom is -0.480 e. The fourth-order valence-corrected chi connectivity index (χ4v) is 1.82. The maximum Gasteiger partial charge on any atom is 0.326 e. The Morgan fingerprint density at radius 3 is 2.21 bits per heavy atom. The molecule has 4 nitrogen and oxygen atoms in total. The summed E-state index contributed by atoms with van der Waals surface area (Å²) in [4.78, 5) is 24.1. The third-order valence-electron chi connectivity index (χ3n) is 2.59. The first-order chi connectivity index (χ1) is 8.82. The molecule has 0 aromatic heterocycles. The van der Waals surface area contributed by atoms with Gasteiger partial charge in [0.25, 0.3) is 11.7 Å². The van der Waals surface area contributed by atoms with E-state index in [0.29, 0.717) is 16.7 Å². The van der Waals surface area contributed by atoms with E-state index in [1.807, 2.05) is 0 Å². The molecular formula is C12H13F2NO3S. The summed E-state index contributed by atoms with van der Waals surface area (Å²) in [6.07, 6.45) is 0. The SMILES string of the molecule is CC(C(=O)O)N(C)C(=O)c1ccc(SC(F)F)cc1. The number of halogens is 2. The molecule has 0 fully saturated rings. The molecule has 1 atom stereocenters. The van der Waals surface area contributed by atoms with E-state index in [-0.39, 0.29) is 5.56 Å². The van der Waals surface area contributed by atoms with Gasteiger partial charge in [0.1, 0.15) is 6.04 Å². The van der Waals surface area contributed by atoms with Crippen LogP contribution >= 0.6 is 11.8 Å². The number of hydrogen-bond acceptors (Lipinski definition) is 3. The summed E-state index contributed by atoms with van der Waals surface area (Å²) in [7, 11) is 1.38. The number of benzene rings is 1. The van der Waals surface area contributed by atoms with Crippen molar-refractivity contribution in [3.05, 3.63) is 29.8 Å². The average molecular weight is 289 g/mol. The van der Waals surface area contributed by atoms with Crippen LogP contribution in [0.3, 0.4) is 0 Å². The van der Waals surface area contributed by atoms with E-state index in [0.717, 1.165) is 4.90 Å². The molecule has 0 aliphatic carbocycles. The topological polar surface area (TPSA) is 57.6 Å². The Hall–Kier alpha value is -1.63. The highest BCUT2D eigenvalue weighted by atomic mass is 32.2. The summed E-state index contributed by atoms with van der Waals surface area (Å²) in [5, 5.41) is 8.81. The number of hydrogen-bond donors (Lipinski definition) is 1. The summed E-state index contributed by atoms with van der Waals surface area (Å²) in [5.74, 6) is -4.10. The van der Waals surface area contributed by atoms with Crippen molar-refractivity contribution in [2.75, 3.05) is 7.05 Å². The van der Waals surface area contributed by atoms with Crippen molar-refractivity contribution in [1.29, 1.82) is 0 Å². The van der Waals surface area contributed by atoms with E-state index < -0.39 is 23.7 Å². The van der Waals surface area contributed by atoms with Crippen LogP contribution in [0.2, 0.25) is 0 Å². The van der Waals surface area contributed by atoms with E-state index in [1.54, 1.807) is 0 Å². The second-order valence-electron chi connectivity index (χ2n) is 3.83. The molecule has 0 saturated heterocycles. The number of aliphatic carboxylic acids is 1. The number of rotatable bonds is 5. The highest BCUT2D eigenvalue weighted by molar-refractivity contribution is 7.99. The molecule has 0 heterocycles. The first-order valence-electron chi connectivity index (χ1n) is 5.37. The van der Waals surface area contributed by atoms with Gasteiger partial charge in [-0.15, -0.1) is 0 Å². The lowest BCUT2D eigenvalue weighted by molar-refractivity contribution is -0.141. The van der Waals surface area contributed by atoms with E-state index in [1.165, 1.54) is 38.2 Å². The van der Waals surface area contributed by atoms with Gasteiger partial charge in [0.15, 0.2) is 0 Å². The van der Waals surface area contributed by atoms with Gasteiger partial charge in [-0.2, -0.15) is 8.78 Å². The van der Waals surface area contributed by atoms with Gasteiger partial charge in [-0.3, -0.25) is 4.79 Å². The maximum atomic E-state index is 12.1. The number of alkyl halides is 2. The highest BCUT2D eigenvalue weighted by Crippen LogP contribution is 2.25. The standard InChI is InChI=1S/C12H13F2NO3S/c1-7(11(17)18)15(2)10(16)8-3-5-9(6-4-8)19-12(13)14/h3-7,12H,1-2H3,(H,17,18). The van der Waals surface area contributed by atoms with E-state index >= 15 is 0 Å². The maximum absolute atomic E-state index is 12.1. The molecule has 0 spiro atoms. The molecule has 0 aliphatic heterocycles. The second-order valence-corrected chi connectivity index (χ2v) is 4.90. The van der Waals surface area contributed by atoms with Crippen LogP contribution in [0.5, 0.6) is 0 Å². The Morgan fingerprint density at radius 2 is 1.79 bits per heavy atom. The molecule has 19 heavy (non-hydrogen) atoms. The summed E-state index contributed by atoms with van der Waals surface area (Å²) < 4.78 is 24.3. The van der Waals surface area contributed by atoms with Gasteiger partial charge in [0, 0.05) is 17.5 Å². The van der Waals surface area contributed by atoms with Crippen LogP contribution in [0, 0.1) is 0 Å². The van der Waals surface area contributed by atoms with Crippen molar-refractivity contribution in [3.8, 4) is 0 Å². The zero-order valence-electron chi connectivity index (χ0n) is 10.3. The van der Waals surface area contributed by atoms with Crippen LogP contribution in [0.4, 0.5) is 8.78 Å². The van der Waals surface area contributed by atoms with Crippen LogP contribution in [-0.2, 0) is 4.79 Å². The van der Waals surface area contributed by atoms with Gasteiger partial charge >= 0.3 is 5.97 Å². The molecule has 0 radical (unpaired) electrons. The fourth-order valence-electron chi connectivity index (χ4n) is 1.32. The Labute approximate surface area is 113 Å². The molecule has 7 heteroatoms. The highest BCUT2D eigenvalue weighted by Gasteiger charge is 2.22. The Morgan fingerprint density at radius 1 is 1.26 bits per heavy atom. The summed E-state index contributed by atoms with van der Waals surface area (Å²) in [6.45, 7) is 1.39. The van der Waals surface area contributed by atoms with Gasteiger partial charge in [-0.1, -0.05) is 11.8 Å². The van der Waals surface area contributed by atoms with Gasteiger partial charge in [0.2, 0.25) is 0 Å². The summed E-state index contributed by atoms with van der Waals surface area (Å²) >= 11 is 0.386. The van der Waals surface area contributed by atoms with Crippen molar-refractivity contribution in [3.63, 3.8) is 0 Å². The monoisotopic (exact) mass is 289 g/mol. The van der Waals surface area contributed by atoms with Gasteiger partial charge < -0.3 is 10.0 Å². The van der Waals surface area contributed by atoms with Crippen LogP contribution in [0.25, 0.3) is 0 Å². The predicted octanol–water partition coefficient (Wildman–Crippen LogP) is 2.55. The number of thioether (sulfide) groups is 1. The Kier molecular flexibility index (Phi) is 5.29. The van der Waals surface area contributed by atoms with E-state index in [2.05, 4.69) is 0 Å². The number of likely N-dealkylation sites (N-methyl/N-ethyl adjacent to an activating group) is 1. The molecule has 0 saturated carbocycles. The van der Waals surface area contributed by atoms with E-state index in [4.69, 9.17) is 5.11 Å². The quantitative estimate of drug-likeness (QED) is 0.846. The number of nitrogens with zero attached hydrogens (tertiary/aromatic N) is 1. The van der Waals surface area contributed by atoms with Crippen molar-refractivity contribution in [1.82, 2.24) is 4.90 Å². The Balaban J connectivity index is 2.80. The molecule has 0 aliphatic rings. The van der Waals surface area contributed by atoms with Crippen LogP contribution in [0.15, 0.2) is 29.2 Å². The summed E-state index contributed by atoms with van der Waals surface area (Å²) in [5.41, 5.74) is 0.259. The Bertz CT molecular complexity index is 465. The molecule has 1 aromatic carbocycles. The van der Waals surface area contributed by atoms with Gasteiger partial charge in [-0.05, 0) is 31.2 Å². The lowest BCUT2D eigenvalue weighted by atomic mass is 10.2. The molecular weight excluding hydrogens is 276 g/mol. The molecule has 1 unspecified atom stereocenters. The number of carbonyl (C=O) groups is 2. The van der Waals surface area contributed by atoms with E-state index in [9.17, 15) is 18.4 Å². The number of carboxylic acid groups (broad SMARTS) is 1. The largest absolute Gasteiger partial charge is 0.480 e. The van der Waals surface area contributed by atoms with Crippen LogP contribution in [0.1, 0.15) is 17.3 Å². The molecule has 1 aromatic rings. The smallest absolute Gasteiger partial charge is 0.326 e. The molecule has 104 valence electrons. The van der Waals surface area contributed by atoms with Gasteiger partial charge in [0.05, 0.1) is 0 Å². The molecule has 0 bridgehead atoms. The third-order valence-corrected chi connectivity index (χ3v) is 3.31. The van der Waals surface area contributed by atoms with Crippen molar-refractivity contribution >= 4 is 23.6 Å². The number of amides is 1. The second kappa shape index (κ2) is 6.51. The molecule has 1 rings (SSSR count). The average Bonchev–Trinajstić information content (AvgIpc) is 2.36. The zero-order chi connectivity index (χ0) is 14.6. The summed E-state index contributed by atoms with van der Waals surface area (Å²) in [6, 6.07) is 4.66. The third kappa shape index (κ3) is 4.20. The first-order valence-corrected chi connectivity index (χ1v) is 6.25. The van der Waals surface area contributed by atoms with Gasteiger partial charge in [-0.25, -0.2) is 4.79 Å². The lowest BCUT2D eigenvalue weighted by Crippen LogP contribution is -2.40. The number of carbonyl (C=O) groups excluding carboxylic acids is 1. The van der Waals surface area contributed by atoms with Crippen molar-refractivity contribution < 1.29 is 23.5 Å².